The first-order valence-electron chi connectivity index (χ1n) is 6.70. The van der Waals surface area contributed by atoms with Gasteiger partial charge in [-0.3, -0.25) is 9.59 Å². The van der Waals surface area contributed by atoms with E-state index in [0.717, 1.165) is 11.1 Å². The topological polar surface area (TPSA) is 72.6 Å². The van der Waals surface area contributed by atoms with Gasteiger partial charge in [0.1, 0.15) is 6.54 Å². The zero-order valence-electron chi connectivity index (χ0n) is 12.6. The van der Waals surface area contributed by atoms with Crippen LogP contribution in [0.4, 0.5) is 0 Å². The van der Waals surface area contributed by atoms with E-state index in [2.05, 4.69) is 11.8 Å². The van der Waals surface area contributed by atoms with Crippen LogP contribution in [0.5, 0.6) is 0 Å². The standard InChI is InChI=1S/C16H20N2O3/c1-4-21-15(19)11-18(3)16(20)14-8-7-13(6-5-9-17)12(2)10-14/h7-8,10H,4,9,11,17H2,1-3H3. The summed E-state index contributed by atoms with van der Waals surface area (Å²) >= 11 is 0. The fourth-order valence-corrected chi connectivity index (χ4v) is 1.78. The van der Waals surface area contributed by atoms with Gasteiger partial charge in [0, 0.05) is 18.2 Å². The molecule has 1 amide bonds. The first-order chi connectivity index (χ1) is 9.99. The molecule has 0 aromatic heterocycles. The third-order valence-electron chi connectivity index (χ3n) is 2.82. The highest BCUT2D eigenvalue weighted by Crippen LogP contribution is 2.12. The van der Waals surface area contributed by atoms with Gasteiger partial charge in [-0.25, -0.2) is 0 Å². The summed E-state index contributed by atoms with van der Waals surface area (Å²) in [6.07, 6.45) is 0. The maximum atomic E-state index is 12.2. The van der Waals surface area contributed by atoms with E-state index in [9.17, 15) is 9.59 Å². The Labute approximate surface area is 125 Å². The van der Waals surface area contributed by atoms with Crippen LogP contribution < -0.4 is 5.73 Å². The molecule has 0 spiro atoms. The maximum Gasteiger partial charge on any atom is 0.325 e. The number of nitrogens with two attached hydrogens (primary N) is 1. The molecule has 0 saturated carbocycles. The van der Waals surface area contributed by atoms with Crippen molar-refractivity contribution in [2.75, 3.05) is 26.7 Å². The van der Waals surface area contributed by atoms with Gasteiger partial charge in [-0.2, -0.15) is 0 Å². The van der Waals surface area contributed by atoms with Crippen molar-refractivity contribution in [1.82, 2.24) is 4.90 Å². The molecule has 0 heterocycles. The van der Waals surface area contributed by atoms with Crippen molar-refractivity contribution in [3.63, 3.8) is 0 Å². The Morgan fingerprint density at radius 2 is 2.10 bits per heavy atom. The molecule has 1 aromatic rings. The second-order valence-corrected chi connectivity index (χ2v) is 4.50. The summed E-state index contributed by atoms with van der Waals surface area (Å²) < 4.78 is 4.82. The van der Waals surface area contributed by atoms with Crippen LogP contribution in [-0.4, -0.2) is 43.5 Å². The lowest BCUT2D eigenvalue weighted by molar-refractivity contribution is -0.143. The highest BCUT2D eigenvalue weighted by atomic mass is 16.5. The summed E-state index contributed by atoms with van der Waals surface area (Å²) in [7, 11) is 1.57. The lowest BCUT2D eigenvalue weighted by Gasteiger charge is -2.16. The minimum Gasteiger partial charge on any atom is -0.465 e. The van der Waals surface area contributed by atoms with Crippen molar-refractivity contribution in [3.05, 3.63) is 34.9 Å². The van der Waals surface area contributed by atoms with E-state index in [1.165, 1.54) is 4.90 Å². The van der Waals surface area contributed by atoms with E-state index >= 15 is 0 Å². The average molecular weight is 288 g/mol. The fraction of sp³-hybridized carbons (Fsp3) is 0.375. The normalized spacial score (nSPS) is 9.52. The van der Waals surface area contributed by atoms with Gasteiger partial charge in [-0.15, -0.1) is 0 Å². The predicted molar refractivity (Wildman–Crippen MR) is 80.7 cm³/mol. The van der Waals surface area contributed by atoms with Gasteiger partial charge < -0.3 is 15.4 Å². The molecule has 0 atom stereocenters. The van der Waals surface area contributed by atoms with E-state index in [4.69, 9.17) is 10.5 Å². The number of amides is 1. The van der Waals surface area contributed by atoms with E-state index < -0.39 is 5.97 Å². The Balaban J connectivity index is 2.83. The lowest BCUT2D eigenvalue weighted by Crippen LogP contribution is -2.33. The highest BCUT2D eigenvalue weighted by Gasteiger charge is 2.16. The summed E-state index contributed by atoms with van der Waals surface area (Å²) in [5.41, 5.74) is 7.58. The Hall–Kier alpha value is -2.32. The minimum absolute atomic E-state index is 0.0690. The number of hydrogen-bond acceptors (Lipinski definition) is 4. The van der Waals surface area contributed by atoms with Gasteiger partial charge in [-0.1, -0.05) is 11.8 Å². The van der Waals surface area contributed by atoms with E-state index in [0.29, 0.717) is 18.7 Å². The highest BCUT2D eigenvalue weighted by molar-refractivity contribution is 5.96. The quantitative estimate of drug-likeness (QED) is 0.661. The lowest BCUT2D eigenvalue weighted by atomic mass is 10.0. The number of hydrogen-bond donors (Lipinski definition) is 1. The Morgan fingerprint density at radius 3 is 2.67 bits per heavy atom. The number of nitrogens with zero attached hydrogens (tertiary/aromatic N) is 1. The van der Waals surface area contributed by atoms with Crippen LogP contribution in [0, 0.1) is 18.8 Å². The summed E-state index contributed by atoms with van der Waals surface area (Å²) in [5.74, 6) is 5.07. The van der Waals surface area contributed by atoms with Crippen molar-refractivity contribution in [2.45, 2.75) is 13.8 Å². The molecule has 0 saturated heterocycles. The largest absolute Gasteiger partial charge is 0.465 e. The Morgan fingerprint density at radius 1 is 1.38 bits per heavy atom. The number of ether oxygens (including phenoxy) is 1. The van der Waals surface area contributed by atoms with Crippen molar-refractivity contribution in [1.29, 1.82) is 0 Å². The van der Waals surface area contributed by atoms with Crippen LogP contribution in [0.25, 0.3) is 0 Å². The zero-order chi connectivity index (χ0) is 15.8. The van der Waals surface area contributed by atoms with Gasteiger partial charge in [-0.05, 0) is 37.6 Å². The molecule has 0 aliphatic rings. The monoisotopic (exact) mass is 288 g/mol. The van der Waals surface area contributed by atoms with E-state index in [-0.39, 0.29) is 12.5 Å². The molecule has 0 fully saturated rings. The van der Waals surface area contributed by atoms with Crippen molar-refractivity contribution in [2.24, 2.45) is 5.73 Å². The second-order valence-electron chi connectivity index (χ2n) is 4.50. The number of benzene rings is 1. The fourth-order valence-electron chi connectivity index (χ4n) is 1.78. The predicted octanol–water partition coefficient (Wildman–Crippen LogP) is 0.940. The van der Waals surface area contributed by atoms with E-state index in [1.807, 2.05) is 6.92 Å². The third-order valence-corrected chi connectivity index (χ3v) is 2.82. The van der Waals surface area contributed by atoms with Crippen LogP contribution in [-0.2, 0) is 9.53 Å². The summed E-state index contributed by atoms with van der Waals surface area (Å²) in [6.45, 7) is 4.13. The molecule has 0 radical (unpaired) electrons. The molecule has 112 valence electrons. The van der Waals surface area contributed by atoms with E-state index in [1.54, 1.807) is 32.2 Å². The molecule has 21 heavy (non-hydrogen) atoms. The van der Waals surface area contributed by atoms with Crippen LogP contribution >= 0.6 is 0 Å². The Kier molecular flexibility index (Phi) is 6.44. The first kappa shape index (κ1) is 16.7. The van der Waals surface area contributed by atoms with Gasteiger partial charge in [0.05, 0.1) is 13.2 Å². The third kappa shape index (κ3) is 4.93. The molecule has 1 aromatic carbocycles. The molecule has 2 N–H and O–H groups in total. The summed E-state index contributed by atoms with van der Waals surface area (Å²) in [6, 6.07) is 5.23. The van der Waals surface area contributed by atoms with Gasteiger partial charge in [0.2, 0.25) is 0 Å². The number of aryl methyl sites for hydroxylation is 1. The summed E-state index contributed by atoms with van der Waals surface area (Å²) in [5, 5.41) is 0. The molecular weight excluding hydrogens is 268 g/mol. The second kappa shape index (κ2) is 8.08. The first-order valence-corrected chi connectivity index (χ1v) is 6.70. The number of carbonyl (C=O) groups excluding carboxylic acids is 2. The maximum absolute atomic E-state index is 12.2. The molecule has 1 rings (SSSR count). The van der Waals surface area contributed by atoms with Crippen LogP contribution in [0.1, 0.15) is 28.4 Å². The van der Waals surface area contributed by atoms with Crippen molar-refractivity contribution in [3.8, 4) is 11.8 Å². The summed E-state index contributed by atoms with van der Waals surface area (Å²) in [4.78, 5) is 24.9. The molecule has 5 nitrogen and oxygen atoms in total. The van der Waals surface area contributed by atoms with Crippen LogP contribution in [0.15, 0.2) is 18.2 Å². The number of esters is 1. The SMILES string of the molecule is CCOC(=O)CN(C)C(=O)c1ccc(C#CCN)c(C)c1. The average Bonchev–Trinajstić information content (AvgIpc) is 2.45. The molecule has 0 unspecified atom stereocenters. The Bertz CT molecular complexity index is 585. The molecule has 5 heteroatoms. The van der Waals surface area contributed by atoms with Gasteiger partial charge in [0.25, 0.3) is 5.91 Å². The van der Waals surface area contributed by atoms with Gasteiger partial charge in [0.15, 0.2) is 0 Å². The van der Waals surface area contributed by atoms with Gasteiger partial charge >= 0.3 is 5.97 Å². The van der Waals surface area contributed by atoms with Crippen molar-refractivity contribution >= 4 is 11.9 Å². The van der Waals surface area contributed by atoms with Crippen LogP contribution in [0.3, 0.4) is 0 Å². The van der Waals surface area contributed by atoms with Crippen LogP contribution in [0.2, 0.25) is 0 Å². The molecular formula is C16H20N2O3. The minimum atomic E-state index is -0.421. The zero-order valence-corrected chi connectivity index (χ0v) is 12.6. The number of likely N-dealkylation sites (N-methyl/N-ethyl adjacent to an activating group) is 1. The number of carbonyl (C=O) groups is 2. The molecule has 0 bridgehead atoms. The number of rotatable bonds is 4. The van der Waals surface area contributed by atoms with Crippen molar-refractivity contribution < 1.29 is 14.3 Å². The smallest absolute Gasteiger partial charge is 0.325 e. The molecule has 0 aliphatic carbocycles. The molecule has 0 aliphatic heterocycles.